The largest absolute Gasteiger partial charge is 0.476 e. The molecule has 0 saturated heterocycles. The zero-order valence-corrected chi connectivity index (χ0v) is 10.3. The molecule has 1 unspecified atom stereocenters. The molecular weight excluding hydrogens is 235 g/mol. The Balaban J connectivity index is 2.53. The number of ether oxygens (including phenoxy) is 1. The van der Waals surface area contributed by atoms with E-state index in [9.17, 15) is 0 Å². The first-order valence-corrected chi connectivity index (χ1v) is 5.70. The Kier molecular flexibility index (Phi) is 5.12. The Hall–Kier alpha value is -0.540. The predicted octanol–water partition coefficient (Wildman–Crippen LogP) is 3.60. The van der Waals surface area contributed by atoms with Crippen LogP contribution in [0.15, 0.2) is 6.20 Å². The lowest BCUT2D eigenvalue weighted by molar-refractivity contribution is 0.243. The van der Waals surface area contributed by atoms with Crippen LogP contribution < -0.4 is 4.74 Å². The van der Waals surface area contributed by atoms with Crippen LogP contribution in [0.3, 0.4) is 0 Å². The lowest BCUT2D eigenvalue weighted by Crippen LogP contribution is -2.09. The number of rotatable bonds is 5. The van der Waals surface area contributed by atoms with Crippen molar-refractivity contribution in [3.63, 3.8) is 0 Å². The molecule has 0 radical (unpaired) electrons. The van der Waals surface area contributed by atoms with Gasteiger partial charge in [-0.1, -0.05) is 31.9 Å². The number of aromatic nitrogens is 2. The van der Waals surface area contributed by atoms with Gasteiger partial charge in [-0.2, -0.15) is 4.98 Å². The van der Waals surface area contributed by atoms with E-state index in [1.165, 1.54) is 6.20 Å². The van der Waals surface area contributed by atoms with Crippen molar-refractivity contribution in [2.24, 2.45) is 5.92 Å². The van der Waals surface area contributed by atoms with Gasteiger partial charge in [0.15, 0.2) is 0 Å². The maximum absolute atomic E-state index is 5.85. The molecule has 0 amide bonds. The van der Waals surface area contributed by atoms with E-state index in [0.717, 1.165) is 12.8 Å². The summed E-state index contributed by atoms with van der Waals surface area (Å²) in [4.78, 5) is 7.65. The van der Waals surface area contributed by atoms with Crippen molar-refractivity contribution < 1.29 is 4.74 Å². The summed E-state index contributed by atoms with van der Waals surface area (Å²) in [6, 6.07) is 0. The normalized spacial score (nSPS) is 12.5. The van der Waals surface area contributed by atoms with E-state index in [2.05, 4.69) is 23.8 Å². The van der Waals surface area contributed by atoms with Gasteiger partial charge in [0.1, 0.15) is 5.02 Å². The van der Waals surface area contributed by atoms with Crippen LogP contribution in [-0.2, 0) is 0 Å². The molecule has 1 atom stereocenters. The summed E-state index contributed by atoms with van der Waals surface area (Å²) >= 11 is 11.5. The standard InChI is InChI=1S/C10H14Cl2N2O/c1-3-4-7(2)6-15-9-8(11)5-13-10(12)14-9/h5,7H,3-4,6H2,1-2H3. The first-order chi connectivity index (χ1) is 7.13. The lowest BCUT2D eigenvalue weighted by atomic mass is 10.1. The Morgan fingerprint density at radius 3 is 2.87 bits per heavy atom. The fraction of sp³-hybridized carbons (Fsp3) is 0.600. The van der Waals surface area contributed by atoms with Gasteiger partial charge in [-0.15, -0.1) is 0 Å². The van der Waals surface area contributed by atoms with Crippen molar-refractivity contribution in [3.8, 4) is 5.88 Å². The van der Waals surface area contributed by atoms with Crippen LogP contribution >= 0.6 is 23.2 Å². The minimum atomic E-state index is 0.151. The molecule has 0 aliphatic rings. The number of hydrogen-bond acceptors (Lipinski definition) is 3. The van der Waals surface area contributed by atoms with Gasteiger partial charge in [-0.25, -0.2) is 4.98 Å². The molecule has 0 aliphatic carbocycles. The lowest BCUT2D eigenvalue weighted by Gasteiger charge is -2.11. The van der Waals surface area contributed by atoms with E-state index in [0.29, 0.717) is 23.4 Å². The number of hydrogen-bond donors (Lipinski definition) is 0. The van der Waals surface area contributed by atoms with Crippen LogP contribution in [0.5, 0.6) is 5.88 Å². The zero-order valence-electron chi connectivity index (χ0n) is 8.83. The summed E-state index contributed by atoms with van der Waals surface area (Å²) in [6.07, 6.45) is 3.70. The smallest absolute Gasteiger partial charge is 0.237 e. The maximum atomic E-state index is 5.85. The summed E-state index contributed by atoms with van der Waals surface area (Å²) in [6.45, 7) is 4.87. The van der Waals surface area contributed by atoms with Crippen LogP contribution in [0, 0.1) is 5.92 Å². The molecule has 0 fully saturated rings. The third-order valence-electron chi connectivity index (χ3n) is 1.97. The van der Waals surface area contributed by atoms with Crippen molar-refractivity contribution in [1.82, 2.24) is 9.97 Å². The quantitative estimate of drug-likeness (QED) is 0.748. The van der Waals surface area contributed by atoms with Gasteiger partial charge >= 0.3 is 0 Å². The average Bonchev–Trinajstić information content (AvgIpc) is 2.20. The van der Waals surface area contributed by atoms with E-state index in [4.69, 9.17) is 27.9 Å². The summed E-state index contributed by atoms with van der Waals surface area (Å²) in [5, 5.41) is 0.542. The zero-order chi connectivity index (χ0) is 11.3. The Bertz CT molecular complexity index is 320. The second-order valence-electron chi connectivity index (χ2n) is 3.50. The van der Waals surface area contributed by atoms with E-state index < -0.39 is 0 Å². The maximum Gasteiger partial charge on any atom is 0.237 e. The molecule has 1 aromatic heterocycles. The highest BCUT2D eigenvalue weighted by atomic mass is 35.5. The topological polar surface area (TPSA) is 35.0 Å². The summed E-state index contributed by atoms with van der Waals surface area (Å²) in [7, 11) is 0. The van der Waals surface area contributed by atoms with Crippen LogP contribution in [0.4, 0.5) is 0 Å². The third-order valence-corrected chi connectivity index (χ3v) is 2.41. The molecule has 1 aromatic rings. The third kappa shape index (κ3) is 4.22. The second kappa shape index (κ2) is 6.13. The van der Waals surface area contributed by atoms with E-state index in [-0.39, 0.29) is 5.28 Å². The molecule has 0 N–H and O–H groups in total. The van der Waals surface area contributed by atoms with Gasteiger partial charge in [-0.05, 0) is 23.9 Å². The highest BCUT2D eigenvalue weighted by molar-refractivity contribution is 6.32. The Morgan fingerprint density at radius 1 is 1.47 bits per heavy atom. The Morgan fingerprint density at radius 2 is 2.20 bits per heavy atom. The van der Waals surface area contributed by atoms with Crippen LogP contribution in [0.2, 0.25) is 10.3 Å². The number of halogens is 2. The van der Waals surface area contributed by atoms with Crippen molar-refractivity contribution in [2.45, 2.75) is 26.7 Å². The number of nitrogens with zero attached hydrogens (tertiary/aromatic N) is 2. The SMILES string of the molecule is CCCC(C)COc1nc(Cl)ncc1Cl. The summed E-state index contributed by atoms with van der Waals surface area (Å²) in [5.74, 6) is 0.847. The molecule has 1 rings (SSSR count). The van der Waals surface area contributed by atoms with Crippen molar-refractivity contribution in [1.29, 1.82) is 0 Å². The van der Waals surface area contributed by atoms with Gasteiger partial charge in [-0.3, -0.25) is 0 Å². The van der Waals surface area contributed by atoms with Crippen molar-refractivity contribution in [3.05, 3.63) is 16.5 Å². The van der Waals surface area contributed by atoms with E-state index in [1.807, 2.05) is 0 Å². The first-order valence-electron chi connectivity index (χ1n) is 4.94. The van der Waals surface area contributed by atoms with Crippen molar-refractivity contribution in [2.75, 3.05) is 6.61 Å². The van der Waals surface area contributed by atoms with Gasteiger partial charge in [0.2, 0.25) is 11.2 Å². The van der Waals surface area contributed by atoms with Crippen LogP contribution in [0.1, 0.15) is 26.7 Å². The molecule has 0 aromatic carbocycles. The van der Waals surface area contributed by atoms with E-state index in [1.54, 1.807) is 0 Å². The Labute approximate surface area is 99.8 Å². The highest BCUT2D eigenvalue weighted by Gasteiger charge is 2.07. The fourth-order valence-corrected chi connectivity index (χ4v) is 1.50. The molecular formula is C10H14Cl2N2O. The van der Waals surface area contributed by atoms with Gasteiger partial charge in [0.25, 0.3) is 0 Å². The molecule has 15 heavy (non-hydrogen) atoms. The van der Waals surface area contributed by atoms with Gasteiger partial charge in [0, 0.05) is 0 Å². The van der Waals surface area contributed by atoms with Gasteiger partial charge < -0.3 is 4.74 Å². The molecule has 0 bridgehead atoms. The summed E-state index contributed by atoms with van der Waals surface area (Å²) in [5.41, 5.74) is 0. The van der Waals surface area contributed by atoms with Crippen LogP contribution in [-0.4, -0.2) is 16.6 Å². The molecule has 0 spiro atoms. The predicted molar refractivity (Wildman–Crippen MR) is 61.6 cm³/mol. The minimum Gasteiger partial charge on any atom is -0.476 e. The summed E-state index contributed by atoms with van der Waals surface area (Å²) < 4.78 is 5.46. The molecule has 3 nitrogen and oxygen atoms in total. The minimum absolute atomic E-state index is 0.151. The molecule has 0 aliphatic heterocycles. The molecule has 84 valence electrons. The highest BCUT2D eigenvalue weighted by Crippen LogP contribution is 2.22. The monoisotopic (exact) mass is 248 g/mol. The van der Waals surface area contributed by atoms with E-state index >= 15 is 0 Å². The molecule has 0 saturated carbocycles. The molecule has 1 heterocycles. The molecule has 5 heteroatoms. The van der Waals surface area contributed by atoms with Gasteiger partial charge in [0.05, 0.1) is 12.8 Å². The fourth-order valence-electron chi connectivity index (χ4n) is 1.23. The first kappa shape index (κ1) is 12.5. The average molecular weight is 249 g/mol. The second-order valence-corrected chi connectivity index (χ2v) is 4.24. The van der Waals surface area contributed by atoms with Crippen molar-refractivity contribution >= 4 is 23.2 Å². The van der Waals surface area contributed by atoms with Crippen LogP contribution in [0.25, 0.3) is 0 Å².